The quantitative estimate of drug-likeness (QED) is 0.104. The van der Waals surface area contributed by atoms with Gasteiger partial charge < -0.3 is 14.7 Å². The first-order valence-corrected chi connectivity index (χ1v) is 12.5. The number of non-ortho nitro benzene ring substituents is 1. The molecule has 200 valence electrons. The molecule has 1 fully saturated rings. The van der Waals surface area contributed by atoms with Crippen molar-refractivity contribution in [3.63, 3.8) is 0 Å². The molecule has 4 aromatic rings. The SMILES string of the molecule is Cc1ccccc1COc1ccc(C(O)=C2C(=O)C(=O)N(Cc3ccncc3)C2c2cccc([N+](=O)[O-])c2)cc1. The number of nitro benzene ring substituents is 1. The summed E-state index contributed by atoms with van der Waals surface area (Å²) >= 11 is 0. The minimum absolute atomic E-state index is 0.0446. The second-order valence-electron chi connectivity index (χ2n) is 9.37. The molecule has 1 atom stereocenters. The van der Waals surface area contributed by atoms with Gasteiger partial charge in [0, 0.05) is 36.6 Å². The van der Waals surface area contributed by atoms with Gasteiger partial charge in [-0.1, -0.05) is 36.4 Å². The van der Waals surface area contributed by atoms with Crippen molar-refractivity contribution in [1.29, 1.82) is 0 Å². The van der Waals surface area contributed by atoms with Crippen LogP contribution in [0, 0.1) is 17.0 Å². The third-order valence-corrected chi connectivity index (χ3v) is 6.82. The normalized spacial score (nSPS) is 16.2. The number of aromatic nitrogens is 1. The summed E-state index contributed by atoms with van der Waals surface area (Å²) in [7, 11) is 0. The number of pyridine rings is 1. The van der Waals surface area contributed by atoms with E-state index in [0.29, 0.717) is 29.0 Å². The highest BCUT2D eigenvalue weighted by molar-refractivity contribution is 6.46. The van der Waals surface area contributed by atoms with Crippen molar-refractivity contribution in [3.05, 3.63) is 141 Å². The lowest BCUT2D eigenvalue weighted by Gasteiger charge is -2.25. The highest BCUT2D eigenvalue weighted by Crippen LogP contribution is 2.41. The summed E-state index contributed by atoms with van der Waals surface area (Å²) in [5, 5.41) is 22.8. The molecule has 40 heavy (non-hydrogen) atoms. The average Bonchev–Trinajstić information content (AvgIpc) is 3.22. The molecule has 0 aliphatic carbocycles. The predicted molar refractivity (Wildman–Crippen MR) is 147 cm³/mol. The van der Waals surface area contributed by atoms with E-state index in [4.69, 9.17) is 4.74 Å². The van der Waals surface area contributed by atoms with Gasteiger partial charge in [0.15, 0.2) is 0 Å². The van der Waals surface area contributed by atoms with Crippen LogP contribution in [0.25, 0.3) is 5.76 Å². The zero-order chi connectivity index (χ0) is 28.2. The van der Waals surface area contributed by atoms with Crippen LogP contribution in [-0.2, 0) is 22.7 Å². The molecule has 0 spiro atoms. The van der Waals surface area contributed by atoms with Crippen LogP contribution in [0.15, 0.2) is 103 Å². The van der Waals surface area contributed by atoms with Crippen LogP contribution < -0.4 is 4.74 Å². The Morgan fingerprint density at radius 2 is 1.73 bits per heavy atom. The van der Waals surface area contributed by atoms with Crippen LogP contribution in [0.5, 0.6) is 5.75 Å². The van der Waals surface area contributed by atoms with Crippen molar-refractivity contribution in [3.8, 4) is 5.75 Å². The van der Waals surface area contributed by atoms with Gasteiger partial charge in [0.2, 0.25) is 0 Å². The summed E-state index contributed by atoms with van der Waals surface area (Å²) in [6.45, 7) is 2.41. The molecule has 0 radical (unpaired) electrons. The monoisotopic (exact) mass is 535 g/mol. The highest BCUT2D eigenvalue weighted by atomic mass is 16.6. The fraction of sp³-hybridized carbons (Fsp3) is 0.129. The summed E-state index contributed by atoms with van der Waals surface area (Å²) in [5.41, 5.74) is 3.16. The van der Waals surface area contributed by atoms with Crippen LogP contribution in [0.1, 0.15) is 33.9 Å². The number of likely N-dealkylation sites (tertiary alicyclic amines) is 1. The number of ketones is 1. The molecule has 1 aromatic heterocycles. The van der Waals surface area contributed by atoms with E-state index >= 15 is 0 Å². The standard InChI is InChI=1S/C31H25N3O6/c1-20-5-2-3-6-24(20)19-40-26-11-9-22(10-12-26)29(35)27-28(23-7-4-8-25(17-23)34(38)39)33(31(37)30(27)36)18-21-13-15-32-16-14-21/h2-17,28,35H,18-19H2,1H3. The van der Waals surface area contributed by atoms with E-state index in [9.17, 15) is 24.8 Å². The molecule has 3 aromatic carbocycles. The second-order valence-corrected chi connectivity index (χ2v) is 9.37. The molecular formula is C31H25N3O6. The van der Waals surface area contributed by atoms with Crippen LogP contribution >= 0.6 is 0 Å². The third-order valence-electron chi connectivity index (χ3n) is 6.82. The van der Waals surface area contributed by atoms with Gasteiger partial charge in [-0.3, -0.25) is 24.7 Å². The number of ether oxygens (including phenoxy) is 1. The summed E-state index contributed by atoms with van der Waals surface area (Å²) in [5.74, 6) is -1.50. The fourth-order valence-electron chi connectivity index (χ4n) is 4.68. The lowest BCUT2D eigenvalue weighted by Crippen LogP contribution is -2.29. The molecule has 1 aliphatic rings. The van der Waals surface area contributed by atoms with Crippen molar-refractivity contribution in [1.82, 2.24) is 9.88 Å². The summed E-state index contributed by atoms with van der Waals surface area (Å²) in [6.07, 6.45) is 3.13. The third kappa shape index (κ3) is 5.30. The Kier molecular flexibility index (Phi) is 7.37. The van der Waals surface area contributed by atoms with Crippen molar-refractivity contribution in [2.75, 3.05) is 0 Å². The Balaban J connectivity index is 1.51. The van der Waals surface area contributed by atoms with Gasteiger partial charge in [-0.2, -0.15) is 0 Å². The zero-order valence-corrected chi connectivity index (χ0v) is 21.6. The number of rotatable bonds is 8. The minimum Gasteiger partial charge on any atom is -0.507 e. The summed E-state index contributed by atoms with van der Waals surface area (Å²) < 4.78 is 5.88. The Bertz CT molecular complexity index is 1620. The summed E-state index contributed by atoms with van der Waals surface area (Å²) in [4.78, 5) is 42.7. The van der Waals surface area contributed by atoms with E-state index in [1.165, 1.54) is 23.1 Å². The molecule has 9 nitrogen and oxygen atoms in total. The molecule has 2 heterocycles. The Morgan fingerprint density at radius 3 is 2.42 bits per heavy atom. The van der Waals surface area contributed by atoms with Gasteiger partial charge in [0.05, 0.1) is 16.5 Å². The molecule has 0 saturated carbocycles. The number of nitrogens with zero attached hydrogens (tertiary/aromatic N) is 3. The molecule has 1 saturated heterocycles. The first-order chi connectivity index (χ1) is 19.3. The number of aliphatic hydroxyl groups is 1. The number of carbonyl (C=O) groups is 2. The lowest BCUT2D eigenvalue weighted by atomic mass is 9.95. The maximum atomic E-state index is 13.3. The first kappa shape index (κ1) is 26.3. The van der Waals surface area contributed by atoms with Gasteiger partial charge in [0.25, 0.3) is 17.4 Å². The van der Waals surface area contributed by atoms with Crippen molar-refractivity contribution >= 4 is 23.1 Å². The number of hydrogen-bond donors (Lipinski definition) is 1. The number of Topliss-reactive ketones (excluding diaryl/α,β-unsaturated/α-hetero) is 1. The number of aryl methyl sites for hydroxylation is 1. The molecular weight excluding hydrogens is 510 g/mol. The van der Waals surface area contributed by atoms with E-state index < -0.39 is 22.7 Å². The number of hydrogen-bond acceptors (Lipinski definition) is 7. The van der Waals surface area contributed by atoms with Crippen LogP contribution in [0.2, 0.25) is 0 Å². The predicted octanol–water partition coefficient (Wildman–Crippen LogP) is 5.50. The molecule has 0 bridgehead atoms. The molecule has 1 aliphatic heterocycles. The zero-order valence-electron chi connectivity index (χ0n) is 21.6. The Hall–Kier alpha value is -5.31. The second kappa shape index (κ2) is 11.2. The van der Waals surface area contributed by atoms with Gasteiger partial charge in [-0.15, -0.1) is 0 Å². The van der Waals surface area contributed by atoms with Crippen molar-refractivity contribution < 1.29 is 24.4 Å². The Morgan fingerprint density at radius 1 is 1.00 bits per heavy atom. The van der Waals surface area contributed by atoms with Crippen LogP contribution in [0.4, 0.5) is 5.69 Å². The van der Waals surface area contributed by atoms with E-state index in [2.05, 4.69) is 4.98 Å². The van der Waals surface area contributed by atoms with Crippen molar-refractivity contribution in [2.24, 2.45) is 0 Å². The number of carbonyl (C=O) groups excluding carboxylic acids is 2. The minimum atomic E-state index is -1.04. The number of benzene rings is 3. The smallest absolute Gasteiger partial charge is 0.295 e. The molecule has 9 heteroatoms. The van der Waals surface area contributed by atoms with E-state index in [0.717, 1.165) is 11.1 Å². The molecule has 1 N–H and O–H groups in total. The maximum Gasteiger partial charge on any atom is 0.295 e. The van der Waals surface area contributed by atoms with Crippen molar-refractivity contribution in [2.45, 2.75) is 26.1 Å². The number of amides is 1. The van der Waals surface area contributed by atoms with E-state index in [1.807, 2.05) is 31.2 Å². The van der Waals surface area contributed by atoms with Gasteiger partial charge in [-0.25, -0.2) is 0 Å². The van der Waals surface area contributed by atoms with E-state index in [-0.39, 0.29) is 23.6 Å². The average molecular weight is 536 g/mol. The van der Waals surface area contributed by atoms with E-state index in [1.54, 1.807) is 54.9 Å². The molecule has 1 amide bonds. The maximum absolute atomic E-state index is 13.3. The summed E-state index contributed by atoms with van der Waals surface area (Å²) in [6, 6.07) is 22.5. The lowest BCUT2D eigenvalue weighted by molar-refractivity contribution is -0.384. The van der Waals surface area contributed by atoms with Crippen LogP contribution in [0.3, 0.4) is 0 Å². The van der Waals surface area contributed by atoms with Gasteiger partial charge in [-0.05, 0) is 65.6 Å². The molecule has 5 rings (SSSR count). The topological polar surface area (TPSA) is 123 Å². The van der Waals surface area contributed by atoms with Gasteiger partial charge in [0.1, 0.15) is 18.1 Å². The first-order valence-electron chi connectivity index (χ1n) is 12.5. The fourth-order valence-corrected chi connectivity index (χ4v) is 4.68. The Labute approximate surface area is 230 Å². The number of aliphatic hydroxyl groups excluding tert-OH is 1. The van der Waals surface area contributed by atoms with Crippen LogP contribution in [-0.4, -0.2) is 31.6 Å². The van der Waals surface area contributed by atoms with Gasteiger partial charge >= 0.3 is 0 Å². The highest BCUT2D eigenvalue weighted by Gasteiger charge is 2.46. The molecule has 1 unspecified atom stereocenters. The number of nitro groups is 1. The largest absolute Gasteiger partial charge is 0.507 e.